The van der Waals surface area contributed by atoms with Gasteiger partial charge in [-0.05, 0) is 20.3 Å². The van der Waals surface area contributed by atoms with Gasteiger partial charge in [0.05, 0.1) is 12.2 Å². The molecule has 0 radical (unpaired) electrons. The molecule has 1 fully saturated rings. The zero-order valence-corrected chi connectivity index (χ0v) is 8.37. The van der Waals surface area contributed by atoms with Crippen molar-refractivity contribution in [1.29, 1.82) is 0 Å². The lowest BCUT2D eigenvalue weighted by atomic mass is 10.3. The highest BCUT2D eigenvalue weighted by molar-refractivity contribution is 5.79. The molecule has 1 saturated heterocycles. The van der Waals surface area contributed by atoms with Gasteiger partial charge in [-0.25, -0.2) is 0 Å². The highest BCUT2D eigenvalue weighted by atomic mass is 19.3. The van der Waals surface area contributed by atoms with E-state index in [4.69, 9.17) is 4.74 Å². The summed E-state index contributed by atoms with van der Waals surface area (Å²) in [6.45, 7) is 4.44. The second kappa shape index (κ2) is 4.68. The predicted octanol–water partition coefficient (Wildman–Crippen LogP) is 1.28. The van der Waals surface area contributed by atoms with Crippen molar-refractivity contribution in [2.75, 3.05) is 13.1 Å². The molecular weight excluding hydrogens is 192 g/mol. The quantitative estimate of drug-likeness (QED) is 0.697. The van der Waals surface area contributed by atoms with E-state index in [1.807, 2.05) is 13.8 Å². The third kappa shape index (κ3) is 2.90. The van der Waals surface area contributed by atoms with E-state index < -0.39 is 12.3 Å². The van der Waals surface area contributed by atoms with Gasteiger partial charge in [0.1, 0.15) is 0 Å². The fourth-order valence-electron chi connectivity index (χ4n) is 1.56. The highest BCUT2D eigenvalue weighted by Gasteiger charge is 2.31. The van der Waals surface area contributed by atoms with Gasteiger partial charge in [0.25, 0.3) is 5.91 Å². The lowest BCUT2D eigenvalue weighted by molar-refractivity contribution is -0.142. The van der Waals surface area contributed by atoms with E-state index in [1.165, 1.54) is 0 Å². The summed E-state index contributed by atoms with van der Waals surface area (Å²) in [5.74, 6) is -1.08. The smallest absolute Gasteiger partial charge is 0.315 e. The molecule has 5 heteroatoms. The van der Waals surface area contributed by atoms with Crippen LogP contribution in [0.1, 0.15) is 20.3 Å². The maximum atomic E-state index is 12.0. The minimum atomic E-state index is -2.90. The average Bonchev–Trinajstić information content (AvgIpc) is 2.50. The standard InChI is InChI=1S/C9H15F2NO2/c1-6(2)14-7-3-4-12(5-7)9(13)8(10)11/h6-8H,3-5H2,1-2H3/t7-/m0/s1. The molecule has 0 N–H and O–H groups in total. The first-order valence-electron chi connectivity index (χ1n) is 4.73. The second-order valence-electron chi connectivity index (χ2n) is 3.68. The molecule has 0 unspecified atom stereocenters. The minimum Gasteiger partial charge on any atom is -0.374 e. The van der Waals surface area contributed by atoms with Crippen LogP contribution in [0, 0.1) is 0 Å². The van der Waals surface area contributed by atoms with E-state index in [-0.39, 0.29) is 12.2 Å². The van der Waals surface area contributed by atoms with Crippen LogP contribution in [0.4, 0.5) is 8.78 Å². The molecule has 82 valence electrons. The van der Waals surface area contributed by atoms with Crippen molar-refractivity contribution in [3.05, 3.63) is 0 Å². The number of nitrogens with zero attached hydrogens (tertiary/aromatic N) is 1. The maximum absolute atomic E-state index is 12.0. The van der Waals surface area contributed by atoms with Gasteiger partial charge in [-0.15, -0.1) is 0 Å². The molecule has 0 aliphatic carbocycles. The Morgan fingerprint density at radius 1 is 1.50 bits per heavy atom. The first-order valence-corrected chi connectivity index (χ1v) is 4.73. The Kier molecular flexibility index (Phi) is 3.80. The maximum Gasteiger partial charge on any atom is 0.315 e. The third-order valence-corrected chi connectivity index (χ3v) is 2.11. The zero-order valence-electron chi connectivity index (χ0n) is 8.37. The number of rotatable bonds is 3. The normalized spacial score (nSPS) is 22.4. The summed E-state index contributed by atoms with van der Waals surface area (Å²) < 4.78 is 29.5. The summed E-state index contributed by atoms with van der Waals surface area (Å²) in [5.41, 5.74) is 0. The SMILES string of the molecule is CC(C)O[C@H]1CCN(C(=O)C(F)F)C1. The lowest BCUT2D eigenvalue weighted by Crippen LogP contribution is -2.35. The fourth-order valence-corrected chi connectivity index (χ4v) is 1.56. The molecule has 1 atom stereocenters. The van der Waals surface area contributed by atoms with Crippen LogP contribution in [0.2, 0.25) is 0 Å². The first kappa shape index (κ1) is 11.4. The van der Waals surface area contributed by atoms with E-state index in [0.29, 0.717) is 19.5 Å². The Morgan fingerprint density at radius 3 is 2.64 bits per heavy atom. The van der Waals surface area contributed by atoms with E-state index in [2.05, 4.69) is 0 Å². The monoisotopic (exact) mass is 207 g/mol. The number of likely N-dealkylation sites (tertiary alicyclic amines) is 1. The van der Waals surface area contributed by atoms with Crippen molar-refractivity contribution in [2.24, 2.45) is 0 Å². The lowest BCUT2D eigenvalue weighted by Gasteiger charge is -2.17. The van der Waals surface area contributed by atoms with Gasteiger partial charge < -0.3 is 9.64 Å². The van der Waals surface area contributed by atoms with Crippen molar-refractivity contribution >= 4 is 5.91 Å². The minimum absolute atomic E-state index is 0.0709. The summed E-state index contributed by atoms with van der Waals surface area (Å²) in [6, 6.07) is 0. The van der Waals surface area contributed by atoms with E-state index in [1.54, 1.807) is 0 Å². The number of carbonyl (C=O) groups is 1. The molecular formula is C9H15F2NO2. The summed E-state index contributed by atoms with van der Waals surface area (Å²) in [5, 5.41) is 0. The van der Waals surface area contributed by atoms with Crippen LogP contribution in [-0.4, -0.2) is 42.5 Å². The summed E-state index contributed by atoms with van der Waals surface area (Å²) in [4.78, 5) is 12.1. The van der Waals surface area contributed by atoms with Crippen LogP contribution in [0.25, 0.3) is 0 Å². The molecule has 0 saturated carbocycles. The number of hydrogen-bond acceptors (Lipinski definition) is 2. The molecule has 3 nitrogen and oxygen atoms in total. The van der Waals surface area contributed by atoms with Gasteiger partial charge in [0.2, 0.25) is 0 Å². The topological polar surface area (TPSA) is 29.5 Å². The Bertz CT molecular complexity index is 209. The molecule has 1 heterocycles. The Hall–Kier alpha value is -0.710. The molecule has 0 aromatic carbocycles. The van der Waals surface area contributed by atoms with E-state index >= 15 is 0 Å². The Morgan fingerprint density at radius 2 is 2.14 bits per heavy atom. The molecule has 0 aromatic rings. The summed E-state index contributed by atoms with van der Waals surface area (Å²) in [7, 11) is 0. The molecule has 0 spiro atoms. The van der Waals surface area contributed by atoms with Crippen molar-refractivity contribution in [2.45, 2.75) is 38.9 Å². The molecule has 0 aromatic heterocycles. The predicted molar refractivity (Wildman–Crippen MR) is 47.2 cm³/mol. The van der Waals surface area contributed by atoms with Crippen LogP contribution < -0.4 is 0 Å². The number of amides is 1. The van der Waals surface area contributed by atoms with Gasteiger partial charge in [0.15, 0.2) is 0 Å². The van der Waals surface area contributed by atoms with Crippen LogP contribution in [-0.2, 0) is 9.53 Å². The van der Waals surface area contributed by atoms with Gasteiger partial charge in [-0.1, -0.05) is 0 Å². The summed E-state index contributed by atoms with van der Waals surface area (Å²) in [6.07, 6.45) is -2.26. The molecule has 1 rings (SSSR count). The molecule has 1 aliphatic rings. The molecule has 14 heavy (non-hydrogen) atoms. The second-order valence-corrected chi connectivity index (χ2v) is 3.68. The highest BCUT2D eigenvalue weighted by Crippen LogP contribution is 2.16. The average molecular weight is 207 g/mol. The number of ether oxygens (including phenoxy) is 1. The number of hydrogen-bond donors (Lipinski definition) is 0. The van der Waals surface area contributed by atoms with Gasteiger partial charge in [-0.2, -0.15) is 8.78 Å². The first-order chi connectivity index (χ1) is 6.50. The summed E-state index contributed by atoms with van der Waals surface area (Å²) >= 11 is 0. The van der Waals surface area contributed by atoms with Crippen LogP contribution in [0.15, 0.2) is 0 Å². The van der Waals surface area contributed by atoms with Gasteiger partial charge in [0, 0.05) is 13.1 Å². The molecule has 1 amide bonds. The fraction of sp³-hybridized carbons (Fsp3) is 0.889. The number of alkyl halides is 2. The van der Waals surface area contributed by atoms with Crippen molar-refractivity contribution in [1.82, 2.24) is 4.90 Å². The van der Waals surface area contributed by atoms with Crippen molar-refractivity contribution in [3.63, 3.8) is 0 Å². The van der Waals surface area contributed by atoms with E-state index in [9.17, 15) is 13.6 Å². The van der Waals surface area contributed by atoms with Crippen LogP contribution in [0.3, 0.4) is 0 Å². The number of carbonyl (C=O) groups excluding carboxylic acids is 1. The Balaban J connectivity index is 2.37. The Labute approximate surface area is 82.0 Å². The zero-order chi connectivity index (χ0) is 10.7. The molecule has 0 bridgehead atoms. The third-order valence-electron chi connectivity index (χ3n) is 2.11. The largest absolute Gasteiger partial charge is 0.374 e. The van der Waals surface area contributed by atoms with Gasteiger partial charge in [-0.3, -0.25) is 4.79 Å². The number of halogens is 2. The van der Waals surface area contributed by atoms with E-state index in [0.717, 1.165) is 4.90 Å². The van der Waals surface area contributed by atoms with Crippen LogP contribution >= 0.6 is 0 Å². The van der Waals surface area contributed by atoms with Crippen LogP contribution in [0.5, 0.6) is 0 Å². The van der Waals surface area contributed by atoms with Crippen molar-refractivity contribution in [3.8, 4) is 0 Å². The van der Waals surface area contributed by atoms with Gasteiger partial charge >= 0.3 is 6.43 Å². The van der Waals surface area contributed by atoms with Crippen molar-refractivity contribution < 1.29 is 18.3 Å². The molecule has 1 aliphatic heterocycles.